The van der Waals surface area contributed by atoms with Gasteiger partial charge < -0.3 is 14.6 Å². The van der Waals surface area contributed by atoms with Gasteiger partial charge in [-0.15, -0.1) is 0 Å². The van der Waals surface area contributed by atoms with Crippen LogP contribution < -0.4 is 4.74 Å². The first-order valence-electron chi connectivity index (χ1n) is 8.97. The second-order valence-electron chi connectivity index (χ2n) is 6.76. The standard InChI is InChI=1S/C20H18F3N3O2/c21-20(22,23)14-5-6-18(24-12-14)28-15-7-9-26(10-8-15)19(27)17-11-13-3-1-2-4-16(13)25-17/h1-6,11-12,15,25H,7-10H2. The molecule has 146 valence electrons. The number of halogens is 3. The summed E-state index contributed by atoms with van der Waals surface area (Å²) in [5.74, 6) is 0.0932. The third-order valence-corrected chi connectivity index (χ3v) is 4.84. The fraction of sp³-hybridized carbons (Fsp3) is 0.300. The Morgan fingerprint density at radius 3 is 2.54 bits per heavy atom. The SMILES string of the molecule is O=C(c1cc2ccccc2[nH]1)N1CCC(Oc2ccc(C(F)(F)F)cn2)CC1. The van der Waals surface area contributed by atoms with Crippen molar-refractivity contribution in [3.8, 4) is 5.88 Å². The van der Waals surface area contributed by atoms with E-state index in [1.807, 2.05) is 30.3 Å². The number of alkyl halides is 3. The third kappa shape index (κ3) is 3.81. The highest BCUT2D eigenvalue weighted by atomic mass is 19.4. The Hall–Kier alpha value is -3.03. The summed E-state index contributed by atoms with van der Waals surface area (Å²) in [7, 11) is 0. The number of likely N-dealkylation sites (tertiary alicyclic amines) is 1. The highest BCUT2D eigenvalue weighted by Crippen LogP contribution is 2.29. The number of H-pyrrole nitrogens is 1. The van der Waals surface area contributed by atoms with Crippen molar-refractivity contribution in [3.05, 3.63) is 59.9 Å². The Labute approximate surface area is 159 Å². The minimum atomic E-state index is -4.42. The summed E-state index contributed by atoms with van der Waals surface area (Å²) in [5, 5.41) is 0.984. The predicted octanol–water partition coefficient (Wildman–Crippen LogP) is 4.27. The molecule has 0 unspecified atom stereocenters. The number of ether oxygens (including phenoxy) is 1. The van der Waals surface area contributed by atoms with E-state index in [0.29, 0.717) is 31.6 Å². The highest BCUT2D eigenvalue weighted by molar-refractivity contribution is 5.98. The van der Waals surface area contributed by atoms with Crippen molar-refractivity contribution in [2.24, 2.45) is 0 Å². The second-order valence-corrected chi connectivity index (χ2v) is 6.76. The number of carbonyl (C=O) groups is 1. The van der Waals surface area contributed by atoms with Crippen molar-refractivity contribution in [1.29, 1.82) is 0 Å². The average Bonchev–Trinajstić information content (AvgIpc) is 3.12. The molecule has 1 amide bonds. The Kier molecular flexibility index (Phi) is 4.70. The summed E-state index contributed by atoms with van der Waals surface area (Å²) in [6.45, 7) is 1.03. The molecule has 0 saturated carbocycles. The smallest absolute Gasteiger partial charge is 0.417 e. The van der Waals surface area contributed by atoms with Gasteiger partial charge in [-0.2, -0.15) is 13.2 Å². The van der Waals surface area contributed by atoms with E-state index in [4.69, 9.17) is 4.74 Å². The number of pyridine rings is 1. The van der Waals surface area contributed by atoms with E-state index in [1.54, 1.807) is 4.90 Å². The lowest BCUT2D eigenvalue weighted by Crippen LogP contribution is -2.42. The third-order valence-electron chi connectivity index (χ3n) is 4.84. The van der Waals surface area contributed by atoms with Crippen LogP contribution in [0.15, 0.2) is 48.7 Å². The summed E-state index contributed by atoms with van der Waals surface area (Å²) in [6, 6.07) is 11.7. The minimum absolute atomic E-state index is 0.0673. The number of para-hydroxylation sites is 1. The monoisotopic (exact) mass is 389 g/mol. The average molecular weight is 389 g/mol. The zero-order chi connectivity index (χ0) is 19.7. The van der Waals surface area contributed by atoms with Crippen LogP contribution in [0.25, 0.3) is 10.9 Å². The molecule has 3 heterocycles. The molecule has 1 aromatic carbocycles. The molecular formula is C20H18F3N3O2. The molecule has 0 atom stereocenters. The summed E-state index contributed by atoms with van der Waals surface area (Å²) < 4.78 is 43.4. The fourth-order valence-electron chi connectivity index (χ4n) is 3.32. The van der Waals surface area contributed by atoms with Gasteiger partial charge in [-0.25, -0.2) is 4.98 Å². The molecule has 0 radical (unpaired) electrons. The molecule has 5 nitrogen and oxygen atoms in total. The van der Waals surface area contributed by atoms with E-state index in [2.05, 4.69) is 9.97 Å². The topological polar surface area (TPSA) is 58.2 Å². The molecule has 1 N–H and O–H groups in total. The van der Waals surface area contributed by atoms with E-state index in [9.17, 15) is 18.0 Å². The predicted molar refractivity (Wildman–Crippen MR) is 97.1 cm³/mol. The highest BCUT2D eigenvalue weighted by Gasteiger charge is 2.31. The van der Waals surface area contributed by atoms with Gasteiger partial charge in [-0.05, 0) is 18.2 Å². The van der Waals surface area contributed by atoms with E-state index in [1.165, 1.54) is 6.07 Å². The van der Waals surface area contributed by atoms with Gasteiger partial charge in [0.15, 0.2) is 0 Å². The van der Waals surface area contributed by atoms with Crippen LogP contribution >= 0.6 is 0 Å². The van der Waals surface area contributed by atoms with Gasteiger partial charge in [0.1, 0.15) is 11.8 Å². The van der Waals surface area contributed by atoms with Crippen molar-refractivity contribution < 1.29 is 22.7 Å². The maximum absolute atomic E-state index is 12.7. The van der Waals surface area contributed by atoms with Gasteiger partial charge in [0.2, 0.25) is 5.88 Å². The van der Waals surface area contributed by atoms with Crippen molar-refractivity contribution in [2.45, 2.75) is 25.1 Å². The number of hydrogen-bond acceptors (Lipinski definition) is 3. The van der Waals surface area contributed by atoms with Gasteiger partial charge in [0.05, 0.1) is 5.56 Å². The van der Waals surface area contributed by atoms with Crippen LogP contribution in [0.1, 0.15) is 28.9 Å². The molecule has 0 spiro atoms. The fourth-order valence-corrected chi connectivity index (χ4v) is 3.32. The Bertz CT molecular complexity index is 941. The minimum Gasteiger partial charge on any atom is -0.474 e. The van der Waals surface area contributed by atoms with Crippen LogP contribution in [0.2, 0.25) is 0 Å². The van der Waals surface area contributed by atoms with Crippen LogP contribution in [0.4, 0.5) is 13.2 Å². The molecule has 3 aromatic rings. The quantitative estimate of drug-likeness (QED) is 0.728. The summed E-state index contributed by atoms with van der Waals surface area (Å²) in [6.07, 6.45) is -2.65. The molecule has 8 heteroatoms. The molecule has 1 aliphatic rings. The molecule has 0 bridgehead atoms. The van der Waals surface area contributed by atoms with E-state index < -0.39 is 11.7 Å². The maximum Gasteiger partial charge on any atom is 0.417 e. The summed E-state index contributed by atoms with van der Waals surface area (Å²) in [5.41, 5.74) is 0.654. The number of amides is 1. The van der Waals surface area contributed by atoms with Gasteiger partial charge in [0, 0.05) is 49.1 Å². The van der Waals surface area contributed by atoms with Crippen molar-refractivity contribution in [3.63, 3.8) is 0 Å². The van der Waals surface area contributed by atoms with Gasteiger partial charge in [-0.1, -0.05) is 18.2 Å². The largest absolute Gasteiger partial charge is 0.474 e. The number of piperidine rings is 1. The molecule has 1 fully saturated rings. The number of fused-ring (bicyclic) bond motifs is 1. The first-order valence-corrected chi connectivity index (χ1v) is 8.97. The second kappa shape index (κ2) is 7.18. The van der Waals surface area contributed by atoms with Crippen molar-refractivity contribution in [2.75, 3.05) is 13.1 Å². The number of aromatic amines is 1. The number of benzene rings is 1. The number of nitrogens with one attached hydrogen (secondary N) is 1. The van der Waals surface area contributed by atoms with E-state index >= 15 is 0 Å². The van der Waals surface area contributed by atoms with Crippen LogP contribution in [0, 0.1) is 0 Å². The maximum atomic E-state index is 12.7. The molecule has 2 aromatic heterocycles. The number of carbonyl (C=O) groups excluding carboxylic acids is 1. The number of rotatable bonds is 3. The molecule has 1 aliphatic heterocycles. The van der Waals surface area contributed by atoms with Crippen LogP contribution in [-0.2, 0) is 6.18 Å². The zero-order valence-electron chi connectivity index (χ0n) is 14.9. The van der Waals surface area contributed by atoms with Gasteiger partial charge >= 0.3 is 6.18 Å². The first-order chi connectivity index (χ1) is 13.4. The van der Waals surface area contributed by atoms with Crippen molar-refractivity contribution >= 4 is 16.8 Å². The first kappa shape index (κ1) is 18.3. The summed E-state index contributed by atoms with van der Waals surface area (Å²) in [4.78, 5) is 21.3. The Morgan fingerprint density at radius 2 is 1.89 bits per heavy atom. The molecule has 1 saturated heterocycles. The lowest BCUT2D eigenvalue weighted by Gasteiger charge is -2.31. The van der Waals surface area contributed by atoms with Crippen LogP contribution in [-0.4, -0.2) is 40.0 Å². The number of hydrogen-bond donors (Lipinski definition) is 1. The normalized spacial score (nSPS) is 15.8. The Morgan fingerprint density at radius 1 is 1.14 bits per heavy atom. The Balaban J connectivity index is 1.34. The number of aromatic nitrogens is 2. The summed E-state index contributed by atoms with van der Waals surface area (Å²) >= 11 is 0. The lowest BCUT2D eigenvalue weighted by molar-refractivity contribution is -0.137. The van der Waals surface area contributed by atoms with Crippen molar-refractivity contribution in [1.82, 2.24) is 14.9 Å². The van der Waals surface area contributed by atoms with Gasteiger partial charge in [0.25, 0.3) is 5.91 Å². The molecular weight excluding hydrogens is 371 g/mol. The van der Waals surface area contributed by atoms with Crippen LogP contribution in [0.5, 0.6) is 5.88 Å². The zero-order valence-corrected chi connectivity index (χ0v) is 14.9. The molecule has 0 aliphatic carbocycles. The van der Waals surface area contributed by atoms with E-state index in [0.717, 1.165) is 23.2 Å². The van der Waals surface area contributed by atoms with Gasteiger partial charge in [-0.3, -0.25) is 4.79 Å². The lowest BCUT2D eigenvalue weighted by atomic mass is 10.1. The molecule has 4 rings (SSSR count). The number of nitrogens with zero attached hydrogens (tertiary/aromatic N) is 2. The van der Waals surface area contributed by atoms with E-state index in [-0.39, 0.29) is 17.9 Å². The molecule has 28 heavy (non-hydrogen) atoms. The van der Waals surface area contributed by atoms with Crippen LogP contribution in [0.3, 0.4) is 0 Å².